The molecular weight excluding hydrogens is 236 g/mol. The average molecular weight is 261 g/mol. The highest BCUT2D eigenvalue weighted by Gasteiger charge is 2.40. The molecule has 0 unspecified atom stereocenters. The lowest BCUT2D eigenvalue weighted by molar-refractivity contribution is 0.00735. The number of hydrogen-bond donors (Lipinski definition) is 1. The Morgan fingerprint density at radius 3 is 2.22 bits per heavy atom. The molecule has 106 valence electrons. The molecule has 3 nitrogen and oxygen atoms in total. The Kier molecular flexibility index (Phi) is 4.24. The van der Waals surface area contributed by atoms with Crippen LogP contribution in [-0.4, -0.2) is 68.1 Å². The first-order valence-corrected chi connectivity index (χ1v) is 6.90. The van der Waals surface area contributed by atoms with E-state index in [4.69, 9.17) is 0 Å². The van der Waals surface area contributed by atoms with Crippen molar-refractivity contribution in [1.82, 2.24) is 15.1 Å². The van der Waals surface area contributed by atoms with Gasteiger partial charge in [-0.25, -0.2) is 8.78 Å². The van der Waals surface area contributed by atoms with Gasteiger partial charge in [-0.15, -0.1) is 0 Å². The van der Waals surface area contributed by atoms with Crippen LogP contribution in [-0.2, 0) is 0 Å². The molecule has 0 amide bonds. The van der Waals surface area contributed by atoms with Crippen molar-refractivity contribution in [3.63, 3.8) is 0 Å². The summed E-state index contributed by atoms with van der Waals surface area (Å²) in [5.74, 6) is -2.47. The molecule has 2 rings (SSSR count). The predicted molar refractivity (Wildman–Crippen MR) is 69.1 cm³/mol. The molecule has 0 spiro atoms. The summed E-state index contributed by atoms with van der Waals surface area (Å²) in [5.41, 5.74) is 0.0811. The van der Waals surface area contributed by atoms with Crippen LogP contribution < -0.4 is 5.32 Å². The predicted octanol–water partition coefficient (Wildman–Crippen LogP) is 1.26. The van der Waals surface area contributed by atoms with E-state index < -0.39 is 5.92 Å². The molecule has 0 aromatic rings. The maximum absolute atomic E-state index is 13.2. The first-order chi connectivity index (χ1) is 8.36. The zero-order chi connectivity index (χ0) is 13.2. The first kappa shape index (κ1) is 14.2. The molecule has 2 aliphatic heterocycles. The van der Waals surface area contributed by atoms with E-state index >= 15 is 0 Å². The molecule has 0 aliphatic carbocycles. The van der Waals surface area contributed by atoms with E-state index in [0.29, 0.717) is 6.54 Å². The van der Waals surface area contributed by atoms with E-state index in [1.807, 2.05) is 4.90 Å². The van der Waals surface area contributed by atoms with Gasteiger partial charge in [0.1, 0.15) is 0 Å². The summed E-state index contributed by atoms with van der Waals surface area (Å²) in [6, 6.07) is 0. The SMILES string of the molecule is CC(C)(CN1CCNCC1)CN1CCC(F)(F)C1. The second-order valence-electron chi connectivity index (χ2n) is 6.51. The zero-order valence-electron chi connectivity index (χ0n) is 11.5. The summed E-state index contributed by atoms with van der Waals surface area (Å²) in [5, 5.41) is 3.33. The fourth-order valence-corrected chi connectivity index (χ4v) is 3.07. The van der Waals surface area contributed by atoms with Crippen LogP contribution in [0.3, 0.4) is 0 Å². The molecule has 18 heavy (non-hydrogen) atoms. The Labute approximate surface area is 109 Å². The quantitative estimate of drug-likeness (QED) is 0.822. The van der Waals surface area contributed by atoms with E-state index in [2.05, 4.69) is 24.1 Å². The smallest absolute Gasteiger partial charge is 0.261 e. The highest BCUT2D eigenvalue weighted by atomic mass is 19.3. The normalized spacial score (nSPS) is 26.7. The van der Waals surface area contributed by atoms with Crippen LogP contribution in [0, 0.1) is 5.41 Å². The molecule has 0 bridgehead atoms. The topological polar surface area (TPSA) is 18.5 Å². The zero-order valence-corrected chi connectivity index (χ0v) is 11.5. The number of rotatable bonds is 4. The molecule has 1 N–H and O–H groups in total. The van der Waals surface area contributed by atoms with Crippen LogP contribution in [0.25, 0.3) is 0 Å². The van der Waals surface area contributed by atoms with Crippen molar-refractivity contribution in [3.05, 3.63) is 0 Å². The Balaban J connectivity index is 1.79. The summed E-state index contributed by atoms with van der Waals surface area (Å²) >= 11 is 0. The Bertz CT molecular complexity index is 275. The summed E-state index contributed by atoms with van der Waals surface area (Å²) in [7, 11) is 0. The van der Waals surface area contributed by atoms with Crippen molar-refractivity contribution in [2.75, 3.05) is 52.4 Å². The molecule has 2 saturated heterocycles. The standard InChI is InChI=1S/C13H25F2N3/c1-12(2,9-17-7-4-16-5-8-17)10-18-6-3-13(14,15)11-18/h16H,3-11H2,1-2H3. The van der Waals surface area contributed by atoms with E-state index in [9.17, 15) is 8.78 Å². The summed E-state index contributed by atoms with van der Waals surface area (Å²) in [4.78, 5) is 4.35. The van der Waals surface area contributed by atoms with Gasteiger partial charge < -0.3 is 10.2 Å². The van der Waals surface area contributed by atoms with Gasteiger partial charge in [0.25, 0.3) is 5.92 Å². The number of halogens is 2. The van der Waals surface area contributed by atoms with Gasteiger partial charge in [-0.05, 0) is 5.41 Å². The van der Waals surface area contributed by atoms with Gasteiger partial charge in [0.05, 0.1) is 6.54 Å². The van der Waals surface area contributed by atoms with Gasteiger partial charge in [-0.3, -0.25) is 4.90 Å². The Morgan fingerprint density at radius 2 is 1.67 bits per heavy atom. The van der Waals surface area contributed by atoms with Gasteiger partial charge in [0.15, 0.2) is 0 Å². The van der Waals surface area contributed by atoms with Crippen molar-refractivity contribution in [2.24, 2.45) is 5.41 Å². The highest BCUT2D eigenvalue weighted by molar-refractivity contribution is 4.87. The highest BCUT2D eigenvalue weighted by Crippen LogP contribution is 2.29. The van der Waals surface area contributed by atoms with Crippen LogP contribution in [0.5, 0.6) is 0 Å². The number of likely N-dealkylation sites (tertiary alicyclic amines) is 1. The number of hydrogen-bond acceptors (Lipinski definition) is 3. The lowest BCUT2D eigenvalue weighted by atomic mass is 9.91. The fraction of sp³-hybridized carbons (Fsp3) is 1.00. The second kappa shape index (κ2) is 5.39. The number of piperazine rings is 1. The molecule has 2 heterocycles. The molecular formula is C13H25F2N3. The molecule has 0 aromatic heterocycles. The van der Waals surface area contributed by atoms with Crippen LogP contribution >= 0.6 is 0 Å². The van der Waals surface area contributed by atoms with E-state index in [1.54, 1.807) is 0 Å². The number of nitrogens with one attached hydrogen (secondary N) is 1. The minimum Gasteiger partial charge on any atom is -0.314 e. The molecule has 0 atom stereocenters. The van der Waals surface area contributed by atoms with Crippen molar-refractivity contribution in [3.8, 4) is 0 Å². The third-order valence-electron chi connectivity index (χ3n) is 3.76. The fourth-order valence-electron chi connectivity index (χ4n) is 3.07. The first-order valence-electron chi connectivity index (χ1n) is 6.90. The van der Waals surface area contributed by atoms with Crippen LogP contribution in [0.1, 0.15) is 20.3 Å². The summed E-state index contributed by atoms with van der Waals surface area (Å²) in [6.45, 7) is 10.8. The number of nitrogens with zero attached hydrogens (tertiary/aromatic N) is 2. The van der Waals surface area contributed by atoms with Gasteiger partial charge in [-0.2, -0.15) is 0 Å². The molecule has 0 aromatic carbocycles. The molecule has 2 aliphatic rings. The van der Waals surface area contributed by atoms with E-state index in [0.717, 1.165) is 39.3 Å². The molecule has 5 heteroatoms. The summed E-state index contributed by atoms with van der Waals surface area (Å²) in [6.07, 6.45) is 0.0245. The Hall–Kier alpha value is -0.260. The molecule has 0 saturated carbocycles. The van der Waals surface area contributed by atoms with Crippen molar-refractivity contribution < 1.29 is 8.78 Å². The van der Waals surface area contributed by atoms with Crippen LogP contribution in [0.4, 0.5) is 8.78 Å². The summed E-state index contributed by atoms with van der Waals surface area (Å²) < 4.78 is 26.3. The van der Waals surface area contributed by atoms with Crippen molar-refractivity contribution in [2.45, 2.75) is 26.2 Å². The van der Waals surface area contributed by atoms with Gasteiger partial charge >= 0.3 is 0 Å². The van der Waals surface area contributed by atoms with E-state index in [1.165, 1.54) is 0 Å². The van der Waals surface area contributed by atoms with Crippen molar-refractivity contribution in [1.29, 1.82) is 0 Å². The number of alkyl halides is 2. The maximum Gasteiger partial charge on any atom is 0.261 e. The third-order valence-corrected chi connectivity index (χ3v) is 3.76. The van der Waals surface area contributed by atoms with Crippen LogP contribution in [0.15, 0.2) is 0 Å². The lowest BCUT2D eigenvalue weighted by Gasteiger charge is -2.37. The van der Waals surface area contributed by atoms with Gasteiger partial charge in [0.2, 0.25) is 0 Å². The van der Waals surface area contributed by atoms with Crippen molar-refractivity contribution >= 4 is 0 Å². The second-order valence-corrected chi connectivity index (χ2v) is 6.51. The van der Waals surface area contributed by atoms with Gasteiger partial charge in [0, 0.05) is 52.2 Å². The minimum atomic E-state index is -2.47. The molecule has 2 fully saturated rings. The maximum atomic E-state index is 13.2. The lowest BCUT2D eigenvalue weighted by Crippen LogP contribution is -2.49. The Morgan fingerprint density at radius 1 is 1.06 bits per heavy atom. The van der Waals surface area contributed by atoms with Crippen LogP contribution in [0.2, 0.25) is 0 Å². The minimum absolute atomic E-state index is 0.0245. The monoisotopic (exact) mass is 261 g/mol. The largest absolute Gasteiger partial charge is 0.314 e. The van der Waals surface area contributed by atoms with Gasteiger partial charge in [-0.1, -0.05) is 13.8 Å². The van der Waals surface area contributed by atoms with E-state index in [-0.39, 0.29) is 18.4 Å². The average Bonchev–Trinajstić information content (AvgIpc) is 2.57. The third kappa shape index (κ3) is 4.14. The molecule has 0 radical (unpaired) electrons.